The average Bonchev–Trinajstić information content (AvgIpc) is 3.35. The van der Waals surface area contributed by atoms with Gasteiger partial charge < -0.3 is 20.3 Å². The smallest absolute Gasteiger partial charge is 0.387 e. The van der Waals surface area contributed by atoms with E-state index < -0.39 is 6.61 Å². The number of nitrogens with zero attached hydrogens (tertiary/aromatic N) is 2. The summed E-state index contributed by atoms with van der Waals surface area (Å²) in [4.78, 5) is 6.77. The second-order valence-corrected chi connectivity index (χ2v) is 7.25. The van der Waals surface area contributed by atoms with Gasteiger partial charge in [-0.2, -0.15) is 8.78 Å². The maximum Gasteiger partial charge on any atom is 0.387 e. The van der Waals surface area contributed by atoms with Crippen molar-refractivity contribution in [1.29, 1.82) is 0 Å². The fourth-order valence-corrected chi connectivity index (χ4v) is 3.53. The minimum atomic E-state index is -2.87. The molecule has 1 aliphatic heterocycles. The molecule has 1 unspecified atom stereocenters. The van der Waals surface area contributed by atoms with Gasteiger partial charge in [-0.1, -0.05) is 11.6 Å². The summed E-state index contributed by atoms with van der Waals surface area (Å²) in [6.45, 7) is 0.582. The summed E-state index contributed by atoms with van der Waals surface area (Å²) in [5.41, 5.74) is 0.557. The predicted molar refractivity (Wildman–Crippen MR) is 99.0 cm³/mol. The molecule has 0 amide bonds. The Morgan fingerprint density at radius 3 is 2.85 bits per heavy atom. The lowest BCUT2D eigenvalue weighted by Gasteiger charge is -2.18. The van der Waals surface area contributed by atoms with Crippen molar-refractivity contribution < 1.29 is 13.5 Å². The summed E-state index contributed by atoms with van der Waals surface area (Å²) in [6.07, 6.45) is 3.87. The number of aliphatic imine (C=N–C) groups is 1. The Morgan fingerprint density at radius 2 is 2.15 bits per heavy atom. The maximum absolute atomic E-state index is 12.5. The lowest BCUT2D eigenvalue weighted by Crippen LogP contribution is -2.40. The Hall–Kier alpha value is -1.60. The van der Waals surface area contributed by atoms with Crippen LogP contribution < -0.4 is 15.4 Å². The Kier molecular flexibility index (Phi) is 6.53. The Labute approximate surface area is 157 Å². The van der Waals surface area contributed by atoms with Crippen LogP contribution in [0.15, 0.2) is 23.2 Å². The van der Waals surface area contributed by atoms with Crippen LogP contribution >= 0.6 is 11.6 Å². The number of hydrogen-bond donors (Lipinski definition) is 2. The summed E-state index contributed by atoms with van der Waals surface area (Å²) < 4.78 is 29.6. The predicted octanol–water partition coefficient (Wildman–Crippen LogP) is 3.09. The van der Waals surface area contributed by atoms with Crippen LogP contribution in [0.5, 0.6) is 5.75 Å². The van der Waals surface area contributed by atoms with E-state index in [0.29, 0.717) is 29.0 Å². The van der Waals surface area contributed by atoms with E-state index in [4.69, 9.17) is 11.6 Å². The minimum absolute atomic E-state index is 0.114. The molecule has 1 aliphatic carbocycles. The van der Waals surface area contributed by atoms with Crippen LogP contribution in [0.3, 0.4) is 0 Å². The van der Waals surface area contributed by atoms with Gasteiger partial charge in [-0.15, -0.1) is 0 Å². The normalized spacial score (nSPS) is 21.3. The van der Waals surface area contributed by atoms with Gasteiger partial charge in [0.15, 0.2) is 5.96 Å². The van der Waals surface area contributed by atoms with Crippen molar-refractivity contribution in [3.05, 3.63) is 28.8 Å². The van der Waals surface area contributed by atoms with Crippen LogP contribution in [0.2, 0.25) is 5.02 Å². The van der Waals surface area contributed by atoms with Crippen molar-refractivity contribution in [3.63, 3.8) is 0 Å². The average molecular weight is 387 g/mol. The molecule has 3 rings (SSSR count). The molecular weight excluding hydrogens is 362 g/mol. The molecule has 0 aromatic heterocycles. The maximum atomic E-state index is 12.5. The van der Waals surface area contributed by atoms with E-state index in [0.717, 1.165) is 19.1 Å². The van der Waals surface area contributed by atoms with Crippen molar-refractivity contribution >= 4 is 17.6 Å². The summed E-state index contributed by atoms with van der Waals surface area (Å²) in [6, 6.07) is 5.41. The van der Waals surface area contributed by atoms with Gasteiger partial charge in [0.2, 0.25) is 0 Å². The van der Waals surface area contributed by atoms with E-state index in [2.05, 4.69) is 25.3 Å². The van der Waals surface area contributed by atoms with E-state index in [1.54, 1.807) is 13.1 Å². The molecule has 1 atom stereocenters. The molecule has 5 nitrogen and oxygen atoms in total. The van der Waals surface area contributed by atoms with Crippen molar-refractivity contribution in [2.75, 3.05) is 26.7 Å². The third-order valence-corrected chi connectivity index (χ3v) is 5.08. The van der Waals surface area contributed by atoms with Crippen molar-refractivity contribution in [2.45, 2.75) is 38.5 Å². The number of alkyl halides is 2. The number of hydrogen-bond acceptors (Lipinski definition) is 3. The van der Waals surface area contributed by atoms with E-state index in [9.17, 15) is 8.78 Å². The summed E-state index contributed by atoms with van der Waals surface area (Å²) in [7, 11) is 1.69. The van der Waals surface area contributed by atoms with Crippen LogP contribution in [-0.4, -0.2) is 50.2 Å². The van der Waals surface area contributed by atoms with Crippen molar-refractivity contribution in [1.82, 2.24) is 15.5 Å². The number of benzene rings is 1. The standard InChI is InChI=1S/C18H25ClF2N4O/c1-22-18(23-9-12-6-7-25(11-12)15-3-4-15)24-10-13-8-14(19)2-5-16(13)26-17(20)21/h2,5,8,12,15,17H,3-4,6-7,9-11H2,1H3,(H2,22,23,24). The highest BCUT2D eigenvalue weighted by Gasteiger charge is 2.34. The summed E-state index contributed by atoms with van der Waals surface area (Å²) >= 11 is 5.97. The van der Waals surface area contributed by atoms with Gasteiger partial charge in [0.05, 0.1) is 0 Å². The zero-order valence-electron chi connectivity index (χ0n) is 14.9. The molecule has 8 heteroatoms. The van der Waals surface area contributed by atoms with Crippen molar-refractivity contribution in [2.24, 2.45) is 10.9 Å². The van der Waals surface area contributed by atoms with E-state index >= 15 is 0 Å². The van der Waals surface area contributed by atoms with E-state index in [-0.39, 0.29) is 5.75 Å². The number of halogens is 3. The molecule has 0 bridgehead atoms. The minimum Gasteiger partial charge on any atom is -0.434 e. The number of guanidine groups is 1. The lowest BCUT2D eigenvalue weighted by atomic mass is 10.1. The number of likely N-dealkylation sites (tertiary alicyclic amines) is 1. The molecule has 1 heterocycles. The topological polar surface area (TPSA) is 48.9 Å². The number of rotatable bonds is 7. The first-order valence-corrected chi connectivity index (χ1v) is 9.34. The highest BCUT2D eigenvalue weighted by atomic mass is 35.5. The van der Waals surface area contributed by atoms with Crippen LogP contribution in [0, 0.1) is 5.92 Å². The molecule has 2 aliphatic rings. The zero-order valence-corrected chi connectivity index (χ0v) is 15.6. The van der Waals surface area contributed by atoms with Gasteiger partial charge in [-0.3, -0.25) is 4.99 Å². The molecule has 1 aromatic rings. The lowest BCUT2D eigenvalue weighted by molar-refractivity contribution is -0.0504. The summed E-state index contributed by atoms with van der Waals surface area (Å²) in [5, 5.41) is 6.94. The molecule has 1 saturated carbocycles. The van der Waals surface area contributed by atoms with Gasteiger partial charge in [-0.25, -0.2) is 0 Å². The fourth-order valence-electron chi connectivity index (χ4n) is 3.34. The van der Waals surface area contributed by atoms with Crippen LogP contribution in [0.1, 0.15) is 24.8 Å². The zero-order chi connectivity index (χ0) is 18.5. The first-order chi connectivity index (χ1) is 12.5. The van der Waals surface area contributed by atoms with Crippen molar-refractivity contribution in [3.8, 4) is 5.75 Å². The largest absolute Gasteiger partial charge is 0.434 e. The number of ether oxygens (including phenoxy) is 1. The third kappa shape index (κ3) is 5.45. The van der Waals surface area contributed by atoms with Gasteiger partial charge >= 0.3 is 6.61 Å². The second kappa shape index (κ2) is 8.86. The van der Waals surface area contributed by atoms with Crippen LogP contribution in [0.4, 0.5) is 8.78 Å². The van der Waals surface area contributed by atoms with E-state index in [1.807, 2.05) is 0 Å². The summed E-state index contributed by atoms with van der Waals surface area (Å²) in [5.74, 6) is 1.36. The molecule has 144 valence electrons. The first kappa shape index (κ1) is 19.2. The SMILES string of the molecule is CN=C(NCc1cc(Cl)ccc1OC(F)F)NCC1CCN(C2CC2)C1. The van der Waals surface area contributed by atoms with Gasteiger partial charge in [0.1, 0.15) is 5.75 Å². The monoisotopic (exact) mass is 386 g/mol. The quantitative estimate of drug-likeness (QED) is 0.558. The molecule has 0 radical (unpaired) electrons. The third-order valence-electron chi connectivity index (χ3n) is 4.85. The van der Waals surface area contributed by atoms with Gasteiger partial charge in [-0.05, 0) is 49.9 Å². The molecular formula is C18H25ClF2N4O. The van der Waals surface area contributed by atoms with Gasteiger partial charge in [0, 0.05) is 43.3 Å². The molecule has 0 spiro atoms. The molecule has 2 N–H and O–H groups in total. The van der Waals surface area contributed by atoms with Crippen LogP contribution in [0.25, 0.3) is 0 Å². The van der Waals surface area contributed by atoms with Gasteiger partial charge in [0.25, 0.3) is 0 Å². The molecule has 1 aromatic carbocycles. The highest BCUT2D eigenvalue weighted by Crippen LogP contribution is 2.31. The molecule has 2 fully saturated rings. The number of nitrogens with one attached hydrogen (secondary N) is 2. The van der Waals surface area contributed by atoms with Crippen LogP contribution in [-0.2, 0) is 6.54 Å². The highest BCUT2D eigenvalue weighted by molar-refractivity contribution is 6.30. The first-order valence-electron chi connectivity index (χ1n) is 8.97. The Balaban J connectivity index is 1.48. The Bertz CT molecular complexity index is 640. The molecule has 26 heavy (non-hydrogen) atoms. The fraction of sp³-hybridized carbons (Fsp3) is 0.611. The Morgan fingerprint density at radius 1 is 1.35 bits per heavy atom. The molecule has 1 saturated heterocycles. The van der Waals surface area contributed by atoms with E-state index in [1.165, 1.54) is 37.9 Å². The second-order valence-electron chi connectivity index (χ2n) is 6.82.